The summed E-state index contributed by atoms with van der Waals surface area (Å²) in [5.74, 6) is 0.779. The molecule has 1 saturated heterocycles. The number of ether oxygens (including phenoxy) is 1. The second-order valence-corrected chi connectivity index (χ2v) is 4.60. The second kappa shape index (κ2) is 7.63. The highest BCUT2D eigenvalue weighted by atomic mass is 16.5. The van der Waals surface area contributed by atoms with Gasteiger partial charge in [-0.05, 0) is 44.2 Å². The topological polar surface area (TPSA) is 64.3 Å². The minimum absolute atomic E-state index is 0.229. The normalized spacial score (nSPS) is 19.6. The third-order valence-corrected chi connectivity index (χ3v) is 2.96. The molecule has 0 aliphatic carbocycles. The molecule has 1 aliphatic heterocycles. The first kappa shape index (κ1) is 13.5. The monoisotopic (exact) mass is 227 g/mol. The molecule has 0 saturated carbocycles. The Labute approximate surface area is 97.9 Å². The van der Waals surface area contributed by atoms with Gasteiger partial charge < -0.3 is 15.8 Å². The number of hydrogen-bond acceptors (Lipinski definition) is 3. The molecular formula is C12H23N2O2. The van der Waals surface area contributed by atoms with Crippen molar-refractivity contribution in [2.75, 3.05) is 26.3 Å². The molecule has 1 aliphatic rings. The van der Waals surface area contributed by atoms with E-state index in [1.54, 1.807) is 0 Å². The number of carbonyl (C=O) groups is 1. The predicted octanol–water partition coefficient (Wildman–Crippen LogP) is 0.718. The summed E-state index contributed by atoms with van der Waals surface area (Å²) in [6.07, 6.45) is 4.87. The second-order valence-electron chi connectivity index (χ2n) is 4.60. The lowest BCUT2D eigenvalue weighted by Crippen LogP contribution is -2.29. The maximum absolute atomic E-state index is 10.7. The van der Waals surface area contributed by atoms with Gasteiger partial charge in [0.05, 0.1) is 0 Å². The average Bonchev–Trinajstić information content (AvgIpc) is 2.25. The van der Waals surface area contributed by atoms with Crippen molar-refractivity contribution in [1.29, 1.82) is 0 Å². The van der Waals surface area contributed by atoms with Crippen LogP contribution in [0.3, 0.4) is 0 Å². The van der Waals surface area contributed by atoms with Crippen molar-refractivity contribution in [3.8, 4) is 0 Å². The van der Waals surface area contributed by atoms with Crippen LogP contribution in [0.25, 0.3) is 0 Å². The molecular weight excluding hydrogens is 204 g/mol. The number of hydrogen-bond donors (Lipinski definition) is 2. The van der Waals surface area contributed by atoms with Gasteiger partial charge >= 0.3 is 0 Å². The van der Waals surface area contributed by atoms with Crippen LogP contribution in [0.15, 0.2) is 0 Å². The molecule has 0 spiro atoms. The highest BCUT2D eigenvalue weighted by Crippen LogP contribution is 2.13. The molecule has 1 fully saturated rings. The molecule has 4 nitrogen and oxygen atoms in total. The van der Waals surface area contributed by atoms with Crippen molar-refractivity contribution < 1.29 is 9.53 Å². The van der Waals surface area contributed by atoms with Crippen LogP contribution in [-0.4, -0.2) is 32.2 Å². The van der Waals surface area contributed by atoms with Gasteiger partial charge in [0.1, 0.15) is 0 Å². The van der Waals surface area contributed by atoms with Crippen LogP contribution in [0.2, 0.25) is 0 Å². The lowest BCUT2D eigenvalue weighted by molar-refractivity contribution is -0.118. The van der Waals surface area contributed by atoms with Crippen LogP contribution < -0.4 is 11.1 Å². The van der Waals surface area contributed by atoms with E-state index < -0.39 is 0 Å². The van der Waals surface area contributed by atoms with Gasteiger partial charge in [0.25, 0.3) is 0 Å². The molecule has 93 valence electrons. The Morgan fingerprint density at radius 1 is 1.56 bits per heavy atom. The summed E-state index contributed by atoms with van der Waals surface area (Å²) in [6.45, 7) is 5.71. The summed E-state index contributed by atoms with van der Waals surface area (Å²) in [7, 11) is 0. The molecule has 3 N–H and O–H groups in total. The summed E-state index contributed by atoms with van der Waals surface area (Å²) < 4.78 is 5.30. The molecule has 0 bridgehead atoms. The Kier molecular flexibility index (Phi) is 6.42. The van der Waals surface area contributed by atoms with Gasteiger partial charge in [0, 0.05) is 19.6 Å². The van der Waals surface area contributed by atoms with E-state index in [4.69, 9.17) is 10.5 Å². The molecule has 0 aromatic carbocycles. The molecule has 1 radical (unpaired) electrons. The lowest BCUT2D eigenvalue weighted by Gasteiger charge is -2.22. The van der Waals surface area contributed by atoms with Gasteiger partial charge in [-0.1, -0.05) is 6.92 Å². The van der Waals surface area contributed by atoms with Crippen LogP contribution in [0.5, 0.6) is 0 Å². The van der Waals surface area contributed by atoms with Crippen LogP contribution in [0.1, 0.15) is 26.2 Å². The zero-order valence-corrected chi connectivity index (χ0v) is 10.1. The summed E-state index contributed by atoms with van der Waals surface area (Å²) in [5, 5.41) is 3.40. The predicted molar refractivity (Wildman–Crippen MR) is 63.7 cm³/mol. The van der Waals surface area contributed by atoms with E-state index in [9.17, 15) is 4.79 Å². The number of nitrogens with two attached hydrogens (primary N) is 1. The first-order valence-electron chi connectivity index (χ1n) is 6.08. The van der Waals surface area contributed by atoms with E-state index in [0.29, 0.717) is 6.42 Å². The van der Waals surface area contributed by atoms with Gasteiger partial charge in [0.15, 0.2) is 0 Å². The van der Waals surface area contributed by atoms with Gasteiger partial charge in [-0.15, -0.1) is 0 Å². The molecule has 1 rings (SSSR count). The molecule has 4 heteroatoms. The fraction of sp³-hybridized carbons (Fsp3) is 0.833. The van der Waals surface area contributed by atoms with Gasteiger partial charge in [-0.2, -0.15) is 0 Å². The average molecular weight is 227 g/mol. The van der Waals surface area contributed by atoms with E-state index in [2.05, 4.69) is 11.7 Å². The first-order valence-corrected chi connectivity index (χ1v) is 6.08. The standard InChI is InChI=1S/C12H23N2O2/c1-10(8-12(13)15)2-5-14-9-11-3-6-16-7-4-11/h2,10-11,14H,3-9H2,1H3,(H2,13,15)/t10-/m0/s1. The lowest BCUT2D eigenvalue weighted by atomic mass is 10.00. The zero-order valence-electron chi connectivity index (χ0n) is 10.1. The summed E-state index contributed by atoms with van der Waals surface area (Å²) >= 11 is 0. The van der Waals surface area contributed by atoms with E-state index in [1.165, 1.54) is 0 Å². The van der Waals surface area contributed by atoms with Gasteiger partial charge in [0.2, 0.25) is 5.91 Å². The summed E-state index contributed by atoms with van der Waals surface area (Å²) in [6, 6.07) is 0. The third kappa shape index (κ3) is 6.08. The molecule has 1 atom stereocenters. The smallest absolute Gasteiger partial charge is 0.217 e. The Morgan fingerprint density at radius 3 is 2.88 bits per heavy atom. The Hall–Kier alpha value is -0.610. The van der Waals surface area contributed by atoms with Crippen molar-refractivity contribution >= 4 is 5.91 Å². The maximum atomic E-state index is 10.7. The molecule has 0 aromatic heterocycles. The summed E-state index contributed by atoms with van der Waals surface area (Å²) in [4.78, 5) is 10.7. The number of amides is 1. The van der Waals surface area contributed by atoms with Crippen LogP contribution in [0, 0.1) is 18.3 Å². The minimum Gasteiger partial charge on any atom is -0.381 e. The Bertz CT molecular complexity index is 203. The van der Waals surface area contributed by atoms with Crippen LogP contribution in [-0.2, 0) is 9.53 Å². The molecule has 1 heterocycles. The summed E-state index contributed by atoms with van der Waals surface area (Å²) in [5.41, 5.74) is 5.12. The van der Waals surface area contributed by atoms with Crippen molar-refractivity contribution in [2.24, 2.45) is 17.6 Å². The fourth-order valence-corrected chi connectivity index (χ4v) is 1.92. The van der Waals surface area contributed by atoms with Crippen molar-refractivity contribution in [1.82, 2.24) is 5.32 Å². The van der Waals surface area contributed by atoms with Crippen molar-refractivity contribution in [3.05, 3.63) is 6.42 Å². The molecule has 0 unspecified atom stereocenters. The molecule has 0 aromatic rings. The highest BCUT2D eigenvalue weighted by molar-refractivity contribution is 5.74. The van der Waals surface area contributed by atoms with Gasteiger partial charge in [-0.25, -0.2) is 0 Å². The van der Waals surface area contributed by atoms with E-state index in [-0.39, 0.29) is 11.8 Å². The SMILES string of the molecule is C[C@@H]([CH]CNCC1CCOCC1)CC(N)=O. The fourth-order valence-electron chi connectivity index (χ4n) is 1.92. The van der Waals surface area contributed by atoms with E-state index in [1.807, 2.05) is 6.92 Å². The van der Waals surface area contributed by atoms with Gasteiger partial charge in [-0.3, -0.25) is 4.79 Å². The van der Waals surface area contributed by atoms with Crippen molar-refractivity contribution in [3.63, 3.8) is 0 Å². The van der Waals surface area contributed by atoms with Crippen LogP contribution >= 0.6 is 0 Å². The quantitative estimate of drug-likeness (QED) is 0.630. The largest absolute Gasteiger partial charge is 0.381 e. The number of carbonyl (C=O) groups excluding carboxylic acids is 1. The Balaban J connectivity index is 1.96. The number of primary amides is 1. The van der Waals surface area contributed by atoms with E-state index in [0.717, 1.165) is 45.1 Å². The van der Waals surface area contributed by atoms with Crippen molar-refractivity contribution in [2.45, 2.75) is 26.2 Å². The molecule has 1 amide bonds. The molecule has 16 heavy (non-hydrogen) atoms. The zero-order chi connectivity index (χ0) is 11.8. The third-order valence-electron chi connectivity index (χ3n) is 2.96. The highest BCUT2D eigenvalue weighted by Gasteiger charge is 2.13. The number of rotatable bonds is 7. The minimum atomic E-state index is -0.229. The van der Waals surface area contributed by atoms with Crippen LogP contribution in [0.4, 0.5) is 0 Å². The first-order chi connectivity index (χ1) is 7.68. The Morgan fingerprint density at radius 2 is 2.25 bits per heavy atom. The maximum Gasteiger partial charge on any atom is 0.217 e. The number of nitrogens with one attached hydrogen (secondary N) is 1. The van der Waals surface area contributed by atoms with E-state index >= 15 is 0 Å².